The van der Waals surface area contributed by atoms with Gasteiger partial charge in [0.05, 0.1) is 17.6 Å². The molecule has 0 saturated heterocycles. The molecule has 0 radical (unpaired) electrons. The molecular weight excluding hydrogens is 247 g/mol. The number of hydrogen-bond donors (Lipinski definition) is 1. The van der Waals surface area contributed by atoms with Gasteiger partial charge in [-0.3, -0.25) is 0 Å². The summed E-state index contributed by atoms with van der Waals surface area (Å²) in [5.74, 6) is -0.121. The van der Waals surface area contributed by atoms with Crippen molar-refractivity contribution >= 4 is 12.4 Å². The van der Waals surface area contributed by atoms with Gasteiger partial charge in [-0.1, -0.05) is 0 Å². The summed E-state index contributed by atoms with van der Waals surface area (Å²) in [4.78, 5) is 7.60. The molecule has 1 aromatic heterocycles. The van der Waals surface area contributed by atoms with Gasteiger partial charge in [-0.05, 0) is 6.92 Å². The average Bonchev–Trinajstić information content (AvgIpc) is 2.14. The maximum atomic E-state index is 11.8. The van der Waals surface area contributed by atoms with Gasteiger partial charge in [0.25, 0.3) is 0 Å². The molecule has 4 nitrogen and oxygen atoms in total. The first-order chi connectivity index (χ1) is 6.92. The number of aromatic nitrogens is 2. The van der Waals surface area contributed by atoms with Gasteiger partial charge in [-0.2, -0.15) is 13.2 Å². The van der Waals surface area contributed by atoms with Crippen LogP contribution in [0.1, 0.15) is 11.4 Å². The van der Waals surface area contributed by atoms with Crippen molar-refractivity contribution in [1.29, 1.82) is 0 Å². The normalized spacial score (nSPS) is 10.8. The molecule has 0 aromatic carbocycles. The van der Waals surface area contributed by atoms with E-state index in [1.54, 1.807) is 0 Å². The van der Waals surface area contributed by atoms with Crippen molar-refractivity contribution in [2.45, 2.75) is 19.6 Å². The van der Waals surface area contributed by atoms with Gasteiger partial charge in [0.2, 0.25) is 5.88 Å². The van der Waals surface area contributed by atoms with Crippen LogP contribution in [0, 0.1) is 6.92 Å². The lowest BCUT2D eigenvalue weighted by molar-refractivity contribution is -0.154. The maximum absolute atomic E-state index is 11.8. The first-order valence-corrected chi connectivity index (χ1v) is 4.14. The van der Waals surface area contributed by atoms with Gasteiger partial charge in [0, 0.05) is 6.54 Å². The van der Waals surface area contributed by atoms with E-state index in [0.717, 1.165) is 0 Å². The minimum atomic E-state index is -4.37. The third kappa shape index (κ3) is 4.63. The van der Waals surface area contributed by atoms with Crippen LogP contribution in [0.25, 0.3) is 0 Å². The highest BCUT2D eigenvalue weighted by Crippen LogP contribution is 2.18. The summed E-state index contributed by atoms with van der Waals surface area (Å²) in [6.45, 7) is 0.329. The second-order valence-corrected chi connectivity index (χ2v) is 2.86. The van der Waals surface area contributed by atoms with Crippen LogP contribution in [-0.4, -0.2) is 22.8 Å². The number of rotatable bonds is 3. The van der Waals surface area contributed by atoms with Crippen LogP contribution in [0.15, 0.2) is 6.20 Å². The second-order valence-electron chi connectivity index (χ2n) is 2.86. The Morgan fingerprint density at radius 3 is 2.50 bits per heavy atom. The monoisotopic (exact) mass is 257 g/mol. The standard InChI is InChI=1S/C8H10F3N3O.ClH/c1-5-7(15-4-8(9,10)11)13-3-6(2-12)14-5;/h3H,2,4,12H2,1H3;1H. The molecular formula is C8H11ClF3N3O. The van der Waals surface area contributed by atoms with E-state index < -0.39 is 12.8 Å². The van der Waals surface area contributed by atoms with Crippen LogP contribution in [0.3, 0.4) is 0 Å². The van der Waals surface area contributed by atoms with E-state index in [-0.39, 0.29) is 24.8 Å². The fourth-order valence-electron chi connectivity index (χ4n) is 0.909. The summed E-state index contributed by atoms with van der Waals surface area (Å²) in [5, 5.41) is 0. The molecule has 0 bridgehead atoms. The van der Waals surface area contributed by atoms with Crippen molar-refractivity contribution in [3.8, 4) is 5.88 Å². The highest BCUT2D eigenvalue weighted by Gasteiger charge is 2.29. The van der Waals surface area contributed by atoms with E-state index >= 15 is 0 Å². The Balaban J connectivity index is 0.00000225. The lowest BCUT2D eigenvalue weighted by Crippen LogP contribution is -2.20. The molecule has 1 heterocycles. The zero-order chi connectivity index (χ0) is 11.5. The quantitative estimate of drug-likeness (QED) is 0.894. The molecule has 92 valence electrons. The average molecular weight is 258 g/mol. The molecule has 0 atom stereocenters. The van der Waals surface area contributed by atoms with Gasteiger partial charge in [-0.25, -0.2) is 9.97 Å². The Labute approximate surface area is 96.4 Å². The van der Waals surface area contributed by atoms with Crippen molar-refractivity contribution < 1.29 is 17.9 Å². The summed E-state index contributed by atoms with van der Waals surface area (Å²) in [7, 11) is 0. The largest absolute Gasteiger partial charge is 0.467 e. The third-order valence-electron chi connectivity index (χ3n) is 1.53. The van der Waals surface area contributed by atoms with Crippen molar-refractivity contribution in [1.82, 2.24) is 9.97 Å². The molecule has 0 spiro atoms. The zero-order valence-electron chi connectivity index (χ0n) is 8.41. The van der Waals surface area contributed by atoms with Crippen LogP contribution < -0.4 is 10.5 Å². The Hall–Kier alpha value is -1.08. The topological polar surface area (TPSA) is 61.0 Å². The Morgan fingerprint density at radius 1 is 1.44 bits per heavy atom. The smallest absolute Gasteiger partial charge is 0.422 e. The Kier molecular flexibility index (Phi) is 5.46. The molecule has 0 aliphatic rings. The summed E-state index contributed by atoms with van der Waals surface area (Å²) in [5.41, 5.74) is 6.09. The summed E-state index contributed by atoms with van der Waals surface area (Å²) < 4.78 is 39.9. The second kappa shape index (κ2) is 5.86. The van der Waals surface area contributed by atoms with E-state index in [4.69, 9.17) is 5.73 Å². The molecule has 0 aliphatic carbocycles. The Bertz CT molecular complexity index is 346. The van der Waals surface area contributed by atoms with Gasteiger partial charge in [0.15, 0.2) is 6.61 Å². The van der Waals surface area contributed by atoms with Crippen LogP contribution in [0.5, 0.6) is 5.88 Å². The third-order valence-corrected chi connectivity index (χ3v) is 1.53. The number of halogens is 4. The zero-order valence-corrected chi connectivity index (χ0v) is 9.23. The van der Waals surface area contributed by atoms with Crippen molar-refractivity contribution in [3.05, 3.63) is 17.6 Å². The van der Waals surface area contributed by atoms with Crippen molar-refractivity contribution in [2.75, 3.05) is 6.61 Å². The first-order valence-electron chi connectivity index (χ1n) is 4.14. The molecule has 1 aromatic rings. The van der Waals surface area contributed by atoms with Gasteiger partial charge < -0.3 is 10.5 Å². The molecule has 0 aliphatic heterocycles. The number of hydrogen-bond acceptors (Lipinski definition) is 4. The molecule has 0 fully saturated rings. The predicted octanol–water partition coefficient (Wildman–Crippen LogP) is 1.61. The first kappa shape index (κ1) is 14.9. The van der Waals surface area contributed by atoms with E-state index in [0.29, 0.717) is 11.4 Å². The van der Waals surface area contributed by atoms with Crippen molar-refractivity contribution in [3.63, 3.8) is 0 Å². The number of ether oxygens (including phenoxy) is 1. The number of nitrogens with zero attached hydrogens (tertiary/aromatic N) is 2. The maximum Gasteiger partial charge on any atom is 0.422 e. The molecule has 0 saturated carbocycles. The minimum absolute atomic E-state index is 0. The molecule has 0 amide bonds. The SMILES string of the molecule is Cc1nc(CN)cnc1OCC(F)(F)F.Cl. The highest BCUT2D eigenvalue weighted by atomic mass is 35.5. The lowest BCUT2D eigenvalue weighted by atomic mass is 10.4. The lowest BCUT2D eigenvalue weighted by Gasteiger charge is -2.10. The fraction of sp³-hybridized carbons (Fsp3) is 0.500. The van der Waals surface area contributed by atoms with Gasteiger partial charge >= 0.3 is 6.18 Å². The fourth-order valence-corrected chi connectivity index (χ4v) is 0.909. The summed E-state index contributed by atoms with van der Waals surface area (Å²) in [6, 6.07) is 0. The number of aryl methyl sites for hydroxylation is 1. The van der Waals surface area contributed by atoms with E-state index in [2.05, 4.69) is 14.7 Å². The van der Waals surface area contributed by atoms with Crippen molar-refractivity contribution in [2.24, 2.45) is 5.73 Å². The Morgan fingerprint density at radius 2 is 2.06 bits per heavy atom. The molecule has 16 heavy (non-hydrogen) atoms. The molecule has 8 heteroatoms. The summed E-state index contributed by atoms with van der Waals surface area (Å²) in [6.07, 6.45) is -3.08. The van der Waals surface area contributed by atoms with Crippen LogP contribution in [-0.2, 0) is 6.54 Å². The highest BCUT2D eigenvalue weighted by molar-refractivity contribution is 5.85. The molecule has 2 N–H and O–H groups in total. The number of alkyl halides is 3. The van der Waals surface area contributed by atoms with Crippen LogP contribution >= 0.6 is 12.4 Å². The van der Waals surface area contributed by atoms with Crippen LogP contribution in [0.2, 0.25) is 0 Å². The predicted molar refractivity (Wildman–Crippen MR) is 53.5 cm³/mol. The van der Waals surface area contributed by atoms with E-state index in [1.807, 2.05) is 0 Å². The molecule has 0 unspecified atom stereocenters. The summed E-state index contributed by atoms with van der Waals surface area (Å²) >= 11 is 0. The molecule has 1 rings (SSSR count). The van der Waals surface area contributed by atoms with Gasteiger partial charge in [-0.15, -0.1) is 12.4 Å². The number of nitrogens with two attached hydrogens (primary N) is 1. The van der Waals surface area contributed by atoms with Gasteiger partial charge in [0.1, 0.15) is 0 Å². The van der Waals surface area contributed by atoms with E-state index in [9.17, 15) is 13.2 Å². The van der Waals surface area contributed by atoms with E-state index in [1.165, 1.54) is 13.1 Å². The van der Waals surface area contributed by atoms with Crippen LogP contribution in [0.4, 0.5) is 13.2 Å². The minimum Gasteiger partial charge on any atom is -0.467 e.